The second-order valence-electron chi connectivity index (χ2n) is 3.60. The molecule has 0 heterocycles. The molecule has 0 aromatic heterocycles. The van der Waals surface area contributed by atoms with Gasteiger partial charge in [-0.3, -0.25) is 9.59 Å². The zero-order valence-corrected chi connectivity index (χ0v) is 9.64. The van der Waals surface area contributed by atoms with Crippen LogP contribution in [0.5, 0.6) is 0 Å². The summed E-state index contributed by atoms with van der Waals surface area (Å²) in [6.07, 6.45) is 0. The van der Waals surface area contributed by atoms with Gasteiger partial charge in [0.05, 0.1) is 0 Å². The number of anilines is 1. The maximum absolute atomic E-state index is 11.6. The number of nitrogens with one attached hydrogen (secondary N) is 2. The number of aliphatic carboxylic acids is 1. The van der Waals surface area contributed by atoms with Crippen molar-refractivity contribution in [3.8, 4) is 0 Å². The van der Waals surface area contributed by atoms with Gasteiger partial charge in [0.25, 0.3) is 5.91 Å². The fraction of sp³-hybridized carbons (Fsp3) is 0.182. The first-order chi connectivity index (χ1) is 8.40. The number of carboxylic acid groups (broad SMARTS) is 1. The largest absolute Gasteiger partial charge is 0.480 e. The van der Waals surface area contributed by atoms with Crippen LogP contribution in [0.3, 0.4) is 0 Å². The zero-order valence-electron chi connectivity index (χ0n) is 9.64. The fourth-order valence-corrected chi connectivity index (χ4v) is 1.19. The van der Waals surface area contributed by atoms with Gasteiger partial charge in [-0.2, -0.15) is 0 Å². The van der Waals surface area contributed by atoms with Crippen LogP contribution in [0.4, 0.5) is 10.5 Å². The minimum Gasteiger partial charge on any atom is -0.480 e. The van der Waals surface area contributed by atoms with Gasteiger partial charge < -0.3 is 21.5 Å². The van der Waals surface area contributed by atoms with Crippen molar-refractivity contribution in [1.82, 2.24) is 5.32 Å². The van der Waals surface area contributed by atoms with E-state index >= 15 is 0 Å². The highest BCUT2D eigenvalue weighted by atomic mass is 16.4. The first-order valence-electron chi connectivity index (χ1n) is 5.10. The lowest BCUT2D eigenvalue weighted by Gasteiger charge is -2.09. The summed E-state index contributed by atoms with van der Waals surface area (Å²) in [5.41, 5.74) is 5.67. The number of carbonyl (C=O) groups excluding carboxylic acids is 2. The number of hydrogen-bond acceptors (Lipinski definition) is 3. The lowest BCUT2D eigenvalue weighted by Crippen LogP contribution is -2.38. The van der Waals surface area contributed by atoms with E-state index < -0.39 is 23.9 Å². The molecule has 7 heteroatoms. The molecule has 0 bridgehead atoms. The molecule has 1 atom stereocenters. The second-order valence-corrected chi connectivity index (χ2v) is 3.60. The van der Waals surface area contributed by atoms with Gasteiger partial charge in [-0.05, 0) is 31.2 Å². The average molecular weight is 251 g/mol. The van der Waals surface area contributed by atoms with Crippen LogP contribution in [0.25, 0.3) is 0 Å². The molecule has 5 N–H and O–H groups in total. The van der Waals surface area contributed by atoms with Crippen LogP contribution >= 0.6 is 0 Å². The number of amides is 3. The predicted octanol–water partition coefficient (Wildman–Crippen LogP) is 0.380. The first-order valence-corrected chi connectivity index (χ1v) is 5.10. The monoisotopic (exact) mass is 251 g/mol. The van der Waals surface area contributed by atoms with E-state index in [1.54, 1.807) is 0 Å². The van der Waals surface area contributed by atoms with Crippen LogP contribution < -0.4 is 16.4 Å². The van der Waals surface area contributed by atoms with E-state index in [1.165, 1.54) is 31.2 Å². The Kier molecular flexibility index (Phi) is 4.25. The molecule has 0 aliphatic carbocycles. The van der Waals surface area contributed by atoms with Gasteiger partial charge in [0.2, 0.25) is 0 Å². The quantitative estimate of drug-likeness (QED) is 0.617. The molecule has 0 radical (unpaired) electrons. The van der Waals surface area contributed by atoms with Crippen LogP contribution in [0.1, 0.15) is 17.3 Å². The fourth-order valence-electron chi connectivity index (χ4n) is 1.19. The highest BCUT2D eigenvalue weighted by Crippen LogP contribution is 2.09. The Hall–Kier alpha value is -2.57. The maximum Gasteiger partial charge on any atom is 0.325 e. The van der Waals surface area contributed by atoms with Gasteiger partial charge in [0.15, 0.2) is 0 Å². The van der Waals surface area contributed by atoms with E-state index in [0.29, 0.717) is 5.69 Å². The Balaban J connectivity index is 2.70. The Morgan fingerprint density at radius 2 is 1.78 bits per heavy atom. The number of hydrogen-bond donors (Lipinski definition) is 4. The van der Waals surface area contributed by atoms with Crippen LogP contribution in [0.2, 0.25) is 0 Å². The number of carboxylic acids is 1. The molecular formula is C11H13N3O4. The Labute approximate surface area is 103 Å². The number of primary amides is 1. The Morgan fingerprint density at radius 1 is 1.22 bits per heavy atom. The summed E-state index contributed by atoms with van der Waals surface area (Å²) in [5.74, 6) is -1.62. The Morgan fingerprint density at radius 3 is 2.22 bits per heavy atom. The highest BCUT2D eigenvalue weighted by Gasteiger charge is 2.14. The van der Waals surface area contributed by atoms with Gasteiger partial charge in [-0.15, -0.1) is 0 Å². The topological polar surface area (TPSA) is 122 Å². The van der Waals surface area contributed by atoms with Crippen molar-refractivity contribution >= 4 is 23.6 Å². The van der Waals surface area contributed by atoms with Crippen LogP contribution in [-0.4, -0.2) is 29.1 Å². The molecule has 0 saturated heterocycles. The smallest absolute Gasteiger partial charge is 0.325 e. The van der Waals surface area contributed by atoms with Crippen molar-refractivity contribution in [1.29, 1.82) is 0 Å². The molecule has 3 amide bonds. The lowest BCUT2D eigenvalue weighted by atomic mass is 10.2. The molecule has 0 spiro atoms. The van der Waals surface area contributed by atoms with Gasteiger partial charge in [0.1, 0.15) is 6.04 Å². The van der Waals surface area contributed by atoms with Crippen molar-refractivity contribution < 1.29 is 19.5 Å². The van der Waals surface area contributed by atoms with E-state index in [2.05, 4.69) is 10.6 Å². The molecule has 1 rings (SSSR count). The summed E-state index contributed by atoms with van der Waals surface area (Å²) in [4.78, 5) is 32.7. The summed E-state index contributed by atoms with van der Waals surface area (Å²) >= 11 is 0. The van der Waals surface area contributed by atoms with Crippen molar-refractivity contribution in [3.05, 3.63) is 29.8 Å². The average Bonchev–Trinajstić information content (AvgIpc) is 2.28. The van der Waals surface area contributed by atoms with Crippen molar-refractivity contribution in [2.75, 3.05) is 5.32 Å². The van der Waals surface area contributed by atoms with E-state index in [4.69, 9.17) is 10.8 Å². The molecule has 0 aliphatic rings. The van der Waals surface area contributed by atoms with Gasteiger partial charge in [-0.25, -0.2) is 4.79 Å². The van der Waals surface area contributed by atoms with Gasteiger partial charge >= 0.3 is 12.0 Å². The zero-order chi connectivity index (χ0) is 13.7. The van der Waals surface area contributed by atoms with Crippen LogP contribution in [0.15, 0.2) is 24.3 Å². The van der Waals surface area contributed by atoms with Crippen molar-refractivity contribution in [3.63, 3.8) is 0 Å². The highest BCUT2D eigenvalue weighted by molar-refractivity contribution is 5.97. The molecule has 1 aromatic rings. The number of benzene rings is 1. The van der Waals surface area contributed by atoms with E-state index in [1.807, 2.05) is 0 Å². The number of nitrogens with two attached hydrogens (primary N) is 1. The number of urea groups is 1. The molecule has 0 saturated carbocycles. The first kappa shape index (κ1) is 13.5. The molecule has 18 heavy (non-hydrogen) atoms. The second kappa shape index (κ2) is 5.67. The van der Waals surface area contributed by atoms with Crippen LogP contribution in [0, 0.1) is 0 Å². The van der Waals surface area contributed by atoms with Gasteiger partial charge in [0, 0.05) is 11.3 Å². The normalized spacial score (nSPS) is 11.4. The molecule has 0 fully saturated rings. The minimum absolute atomic E-state index is 0.290. The standard InChI is InChI=1S/C11H13N3O4/c1-6(10(16)17)13-9(15)7-2-4-8(5-3-7)14-11(12)18/h2-6H,1H3,(H,13,15)(H,16,17)(H3,12,14,18)/t6-/m1/s1. The summed E-state index contributed by atoms with van der Waals surface area (Å²) in [6, 6.07) is 4.22. The third kappa shape index (κ3) is 3.78. The third-order valence-electron chi connectivity index (χ3n) is 2.13. The van der Waals surface area contributed by atoms with Crippen LogP contribution in [-0.2, 0) is 4.79 Å². The summed E-state index contributed by atoms with van der Waals surface area (Å²) < 4.78 is 0. The molecule has 7 nitrogen and oxygen atoms in total. The van der Waals surface area contributed by atoms with Crippen molar-refractivity contribution in [2.24, 2.45) is 5.73 Å². The minimum atomic E-state index is -1.12. The summed E-state index contributed by atoms with van der Waals surface area (Å²) in [7, 11) is 0. The Bertz CT molecular complexity index is 470. The van der Waals surface area contributed by atoms with E-state index in [0.717, 1.165) is 0 Å². The van der Waals surface area contributed by atoms with E-state index in [-0.39, 0.29) is 5.56 Å². The van der Waals surface area contributed by atoms with Crippen molar-refractivity contribution in [2.45, 2.75) is 13.0 Å². The number of carbonyl (C=O) groups is 3. The maximum atomic E-state index is 11.6. The molecule has 0 unspecified atom stereocenters. The van der Waals surface area contributed by atoms with E-state index in [9.17, 15) is 14.4 Å². The number of rotatable bonds is 4. The molecule has 0 aliphatic heterocycles. The summed E-state index contributed by atoms with van der Waals surface area (Å²) in [5, 5.41) is 13.3. The molecular weight excluding hydrogens is 238 g/mol. The lowest BCUT2D eigenvalue weighted by molar-refractivity contribution is -0.138. The third-order valence-corrected chi connectivity index (χ3v) is 2.13. The predicted molar refractivity (Wildman–Crippen MR) is 64.2 cm³/mol. The SMILES string of the molecule is C[C@@H](NC(=O)c1ccc(NC(N)=O)cc1)C(=O)O. The molecule has 1 aromatic carbocycles. The molecule has 96 valence electrons. The van der Waals surface area contributed by atoms with Gasteiger partial charge in [-0.1, -0.05) is 0 Å². The summed E-state index contributed by atoms with van der Waals surface area (Å²) in [6.45, 7) is 1.36.